The van der Waals surface area contributed by atoms with Gasteiger partial charge in [-0.05, 0) is 50.2 Å². The smallest absolute Gasteiger partial charge is 0.124 e. The maximum atomic E-state index is 10.0. The van der Waals surface area contributed by atoms with Gasteiger partial charge in [0.2, 0.25) is 0 Å². The second-order valence-corrected chi connectivity index (χ2v) is 6.50. The Labute approximate surface area is 164 Å². The molecule has 2 N–H and O–H groups in total. The molecule has 3 aromatic rings. The first-order valence-corrected chi connectivity index (χ1v) is 8.81. The Morgan fingerprint density at radius 2 is 1.25 bits per heavy atom. The van der Waals surface area contributed by atoms with E-state index in [0.717, 1.165) is 11.1 Å². The van der Waals surface area contributed by atoms with Crippen molar-refractivity contribution in [3.05, 3.63) is 76.9 Å². The lowest BCUT2D eigenvalue weighted by Gasteiger charge is -2.06. The van der Waals surface area contributed by atoms with Crippen LogP contribution in [0.1, 0.15) is 22.3 Å². The van der Waals surface area contributed by atoms with Crippen molar-refractivity contribution in [2.45, 2.75) is 13.8 Å². The summed E-state index contributed by atoms with van der Waals surface area (Å²) >= 11 is 0. The molecule has 28 heavy (non-hydrogen) atoms. The Bertz CT molecular complexity index is 1060. The van der Waals surface area contributed by atoms with E-state index in [0.29, 0.717) is 28.3 Å². The van der Waals surface area contributed by atoms with Crippen LogP contribution in [0, 0.1) is 13.8 Å². The molecule has 5 nitrogen and oxygen atoms in total. The Morgan fingerprint density at radius 1 is 0.714 bits per heavy atom. The standard InChI is InChI=1S/C23H22N2O3/c1-15-4-8-22(26)17(10-15)13-24-20-7-6-19(28-3)12-21(20)25-14-18-11-16(2)5-9-23(18)27/h4-14,26-27H,1-3H3. The van der Waals surface area contributed by atoms with Crippen molar-refractivity contribution < 1.29 is 14.9 Å². The van der Waals surface area contributed by atoms with Crippen LogP contribution in [0.25, 0.3) is 0 Å². The lowest BCUT2D eigenvalue weighted by atomic mass is 10.1. The molecular weight excluding hydrogens is 352 g/mol. The fourth-order valence-electron chi connectivity index (χ4n) is 2.68. The van der Waals surface area contributed by atoms with Crippen molar-refractivity contribution in [2.75, 3.05) is 7.11 Å². The van der Waals surface area contributed by atoms with Gasteiger partial charge < -0.3 is 14.9 Å². The second-order valence-electron chi connectivity index (χ2n) is 6.50. The predicted octanol–water partition coefficient (Wildman–Crippen LogP) is 5.22. The van der Waals surface area contributed by atoms with E-state index in [9.17, 15) is 10.2 Å². The number of methoxy groups -OCH3 is 1. The summed E-state index contributed by atoms with van der Waals surface area (Å²) in [6, 6.07) is 16.0. The SMILES string of the molecule is COc1ccc(N=Cc2cc(C)ccc2O)c(N=Cc2cc(C)ccc2O)c1. The van der Waals surface area contributed by atoms with Gasteiger partial charge in [-0.2, -0.15) is 0 Å². The van der Waals surface area contributed by atoms with Crippen LogP contribution >= 0.6 is 0 Å². The molecule has 0 saturated heterocycles. The largest absolute Gasteiger partial charge is 0.507 e. The first-order valence-electron chi connectivity index (χ1n) is 8.81. The summed E-state index contributed by atoms with van der Waals surface area (Å²) in [5.41, 5.74) is 4.50. The van der Waals surface area contributed by atoms with E-state index in [-0.39, 0.29) is 11.5 Å². The molecule has 0 atom stereocenters. The molecule has 3 rings (SSSR count). The van der Waals surface area contributed by atoms with Gasteiger partial charge in [0.25, 0.3) is 0 Å². The molecule has 0 aliphatic heterocycles. The third-order valence-corrected chi connectivity index (χ3v) is 4.23. The van der Waals surface area contributed by atoms with Gasteiger partial charge in [0.1, 0.15) is 17.2 Å². The first kappa shape index (κ1) is 19.2. The monoisotopic (exact) mass is 374 g/mol. The Hall–Kier alpha value is -3.60. The maximum Gasteiger partial charge on any atom is 0.124 e. The molecule has 0 aliphatic carbocycles. The minimum Gasteiger partial charge on any atom is -0.507 e. The van der Waals surface area contributed by atoms with Crippen molar-refractivity contribution in [2.24, 2.45) is 9.98 Å². The molecule has 3 aromatic carbocycles. The number of aromatic hydroxyl groups is 2. The van der Waals surface area contributed by atoms with Crippen molar-refractivity contribution >= 4 is 23.8 Å². The fourth-order valence-corrected chi connectivity index (χ4v) is 2.68. The normalized spacial score (nSPS) is 11.4. The highest BCUT2D eigenvalue weighted by Gasteiger charge is 2.05. The molecule has 142 valence electrons. The minimum atomic E-state index is 0.159. The van der Waals surface area contributed by atoms with E-state index in [2.05, 4.69) is 9.98 Å². The topological polar surface area (TPSA) is 74.4 Å². The molecule has 0 radical (unpaired) electrons. The van der Waals surface area contributed by atoms with Gasteiger partial charge in [-0.25, -0.2) is 0 Å². The number of aryl methyl sites for hydroxylation is 2. The highest BCUT2D eigenvalue weighted by molar-refractivity contribution is 5.89. The van der Waals surface area contributed by atoms with Crippen LogP contribution < -0.4 is 4.74 Å². The number of nitrogens with zero attached hydrogens (tertiary/aromatic N) is 2. The molecule has 0 unspecified atom stereocenters. The summed E-state index contributed by atoms with van der Waals surface area (Å²) in [4.78, 5) is 8.99. The minimum absolute atomic E-state index is 0.159. The van der Waals surface area contributed by atoms with E-state index in [4.69, 9.17) is 4.74 Å². The summed E-state index contributed by atoms with van der Waals surface area (Å²) in [6.45, 7) is 3.90. The number of phenolic OH excluding ortho intramolecular Hbond substituents is 2. The van der Waals surface area contributed by atoms with Crippen molar-refractivity contribution in [1.29, 1.82) is 0 Å². The third-order valence-electron chi connectivity index (χ3n) is 4.23. The van der Waals surface area contributed by atoms with E-state index in [1.807, 2.05) is 38.1 Å². The Balaban J connectivity index is 1.98. The highest BCUT2D eigenvalue weighted by Crippen LogP contribution is 2.32. The predicted molar refractivity (Wildman–Crippen MR) is 113 cm³/mol. The average Bonchev–Trinajstić information content (AvgIpc) is 2.69. The Morgan fingerprint density at radius 3 is 1.79 bits per heavy atom. The van der Waals surface area contributed by atoms with Crippen LogP contribution in [-0.2, 0) is 0 Å². The number of phenols is 2. The number of aliphatic imine (C=N–C) groups is 2. The van der Waals surface area contributed by atoms with Crippen LogP contribution in [0.15, 0.2) is 64.6 Å². The van der Waals surface area contributed by atoms with Gasteiger partial charge in [0.15, 0.2) is 0 Å². The molecule has 0 saturated carbocycles. The summed E-state index contributed by atoms with van der Waals surface area (Å²) in [5.74, 6) is 0.975. The third kappa shape index (κ3) is 4.57. The quantitative estimate of drug-likeness (QED) is 0.601. The number of benzene rings is 3. The summed E-state index contributed by atoms with van der Waals surface area (Å²) in [7, 11) is 1.59. The second kappa shape index (κ2) is 8.39. The average molecular weight is 374 g/mol. The number of hydrogen-bond donors (Lipinski definition) is 2. The van der Waals surface area contributed by atoms with E-state index >= 15 is 0 Å². The van der Waals surface area contributed by atoms with Crippen LogP contribution in [0.5, 0.6) is 17.2 Å². The summed E-state index contributed by atoms with van der Waals surface area (Å²) in [6.07, 6.45) is 3.20. The van der Waals surface area contributed by atoms with Gasteiger partial charge in [0, 0.05) is 29.6 Å². The summed E-state index contributed by atoms with van der Waals surface area (Å²) < 4.78 is 5.29. The van der Waals surface area contributed by atoms with Gasteiger partial charge in [-0.1, -0.05) is 23.3 Å². The van der Waals surface area contributed by atoms with Crippen molar-refractivity contribution in [3.63, 3.8) is 0 Å². The van der Waals surface area contributed by atoms with E-state index in [1.165, 1.54) is 0 Å². The lowest BCUT2D eigenvalue weighted by Crippen LogP contribution is -1.86. The van der Waals surface area contributed by atoms with Gasteiger partial charge in [-0.3, -0.25) is 9.98 Å². The van der Waals surface area contributed by atoms with Crippen LogP contribution in [0.3, 0.4) is 0 Å². The highest BCUT2D eigenvalue weighted by atomic mass is 16.5. The number of hydrogen-bond acceptors (Lipinski definition) is 5. The zero-order chi connectivity index (χ0) is 20.1. The summed E-state index contributed by atoms with van der Waals surface area (Å²) in [5, 5.41) is 20.0. The molecule has 5 heteroatoms. The van der Waals surface area contributed by atoms with E-state index in [1.54, 1.807) is 49.9 Å². The first-order chi connectivity index (χ1) is 13.5. The lowest BCUT2D eigenvalue weighted by molar-refractivity contribution is 0.415. The van der Waals surface area contributed by atoms with Crippen molar-refractivity contribution in [3.8, 4) is 17.2 Å². The zero-order valence-corrected chi connectivity index (χ0v) is 16.0. The molecule has 0 aromatic heterocycles. The van der Waals surface area contributed by atoms with Gasteiger partial charge in [0.05, 0.1) is 18.5 Å². The molecule has 0 amide bonds. The molecule has 0 heterocycles. The number of rotatable bonds is 5. The number of ether oxygens (including phenoxy) is 1. The molecule has 0 fully saturated rings. The fraction of sp³-hybridized carbons (Fsp3) is 0.130. The zero-order valence-electron chi connectivity index (χ0n) is 16.0. The van der Waals surface area contributed by atoms with Gasteiger partial charge >= 0.3 is 0 Å². The van der Waals surface area contributed by atoms with Gasteiger partial charge in [-0.15, -0.1) is 0 Å². The maximum absolute atomic E-state index is 10.0. The van der Waals surface area contributed by atoms with Crippen LogP contribution in [0.4, 0.5) is 11.4 Å². The molecule has 0 aliphatic rings. The molecular formula is C23H22N2O3. The Kier molecular flexibility index (Phi) is 5.75. The van der Waals surface area contributed by atoms with Crippen LogP contribution in [0.2, 0.25) is 0 Å². The molecule has 0 spiro atoms. The van der Waals surface area contributed by atoms with Crippen LogP contribution in [-0.4, -0.2) is 29.8 Å². The molecule has 0 bridgehead atoms. The van der Waals surface area contributed by atoms with E-state index < -0.39 is 0 Å². The van der Waals surface area contributed by atoms with Crippen molar-refractivity contribution in [1.82, 2.24) is 0 Å².